The van der Waals surface area contributed by atoms with E-state index >= 15 is 0 Å². The maximum Gasteiger partial charge on any atom is 0.487 e. The molecular weight excluding hydrogens is 493 g/mol. The number of rotatable bonds is 12. The molecule has 0 radical (unpaired) electrons. The number of H-pyrrole nitrogens is 1. The van der Waals surface area contributed by atoms with E-state index in [-0.39, 0.29) is 23.7 Å². The van der Waals surface area contributed by atoms with Gasteiger partial charge in [-0.05, 0) is 0 Å². The van der Waals surface area contributed by atoms with Crippen molar-refractivity contribution >= 4 is 47.2 Å². The van der Waals surface area contributed by atoms with E-state index in [9.17, 15) is 37.9 Å². The fourth-order valence-corrected chi connectivity index (χ4v) is 4.97. The predicted molar refractivity (Wildman–Crippen MR) is 91.8 cm³/mol. The lowest BCUT2D eigenvalue weighted by molar-refractivity contribution is -0.212. The standard InChI is InChI=1S/C10H13N4O14P3/c15-1-6(3-25-30(21,22)28-31(23,24)27-29(18,19)20)26-7(2-16)14-5-13-8-9(14)11-4-12-10(8)17/h1-2,4-7H,3H2,(H,21,22)(H,23,24)(H,11,12,17)(H2,18,19,20)/p-1. The third-order valence-corrected chi connectivity index (χ3v) is 6.81. The number of imidazole rings is 1. The van der Waals surface area contributed by atoms with Crippen molar-refractivity contribution in [3.05, 3.63) is 23.0 Å². The van der Waals surface area contributed by atoms with Crippen molar-refractivity contribution < 1.29 is 60.7 Å². The van der Waals surface area contributed by atoms with Crippen LogP contribution < -0.4 is 10.5 Å². The number of aromatic nitrogens is 4. The number of phosphoric ester groups is 1. The maximum absolute atomic E-state index is 11.7. The van der Waals surface area contributed by atoms with Gasteiger partial charge in [0.05, 0.1) is 19.3 Å². The van der Waals surface area contributed by atoms with E-state index in [1.54, 1.807) is 0 Å². The monoisotopic (exact) mass is 505 g/mol. The van der Waals surface area contributed by atoms with Crippen LogP contribution in [0.15, 0.2) is 17.4 Å². The van der Waals surface area contributed by atoms with E-state index in [0.29, 0.717) is 0 Å². The fourth-order valence-electron chi connectivity index (χ4n) is 1.97. The first-order valence-electron chi connectivity index (χ1n) is 7.50. The molecule has 2 aromatic heterocycles. The molecule has 0 aromatic carbocycles. The molecule has 0 amide bonds. The molecule has 5 unspecified atom stereocenters. The topological polar surface area (TPSA) is 270 Å². The highest BCUT2D eigenvalue weighted by molar-refractivity contribution is 7.66. The second-order valence-electron chi connectivity index (χ2n) is 5.26. The Bertz CT molecular complexity index is 1150. The summed E-state index contributed by atoms with van der Waals surface area (Å²) in [6, 6.07) is 0. The lowest BCUT2D eigenvalue weighted by atomic mass is 10.4. The molecule has 2 aromatic rings. The van der Waals surface area contributed by atoms with Crippen LogP contribution in [0.2, 0.25) is 0 Å². The number of fused-ring (bicyclic) bond motifs is 1. The summed E-state index contributed by atoms with van der Waals surface area (Å²) in [5.74, 6) is 0. The van der Waals surface area contributed by atoms with E-state index in [0.717, 1.165) is 17.2 Å². The van der Waals surface area contributed by atoms with E-state index in [1.807, 2.05) is 0 Å². The molecule has 21 heteroatoms. The quantitative estimate of drug-likeness (QED) is 0.181. The zero-order valence-electron chi connectivity index (χ0n) is 14.7. The third-order valence-electron chi connectivity index (χ3n) is 3.04. The zero-order chi connectivity index (χ0) is 23.4. The van der Waals surface area contributed by atoms with Crippen molar-refractivity contribution in [3.8, 4) is 0 Å². The SMILES string of the molecule is O=CC(COP(=O)(O)OP(=O)(O)OP(=O)([O-])O)OC(C=O)n1cnc2c(=O)[nH]cnc21. The Kier molecular flexibility index (Phi) is 7.91. The Labute approximate surface area is 170 Å². The number of nitrogens with zero attached hydrogens (tertiary/aromatic N) is 3. The van der Waals surface area contributed by atoms with Crippen molar-refractivity contribution in [2.75, 3.05) is 6.61 Å². The van der Waals surface area contributed by atoms with Crippen LogP contribution in [0.1, 0.15) is 6.23 Å². The number of hydrogen-bond acceptors (Lipinski definition) is 13. The van der Waals surface area contributed by atoms with Gasteiger partial charge < -0.3 is 34.1 Å². The van der Waals surface area contributed by atoms with Crippen LogP contribution in [0.3, 0.4) is 0 Å². The molecule has 0 saturated heterocycles. The molecule has 31 heavy (non-hydrogen) atoms. The highest BCUT2D eigenvalue weighted by atomic mass is 31.3. The van der Waals surface area contributed by atoms with Crippen molar-refractivity contribution in [3.63, 3.8) is 0 Å². The number of hydrogen-bond donors (Lipinski definition) is 4. The van der Waals surface area contributed by atoms with Crippen LogP contribution >= 0.6 is 23.5 Å². The molecule has 0 aliphatic rings. The number of nitrogens with one attached hydrogen (secondary N) is 1. The molecule has 2 heterocycles. The van der Waals surface area contributed by atoms with Crippen LogP contribution in [0.25, 0.3) is 11.2 Å². The Morgan fingerprint density at radius 3 is 2.39 bits per heavy atom. The summed E-state index contributed by atoms with van der Waals surface area (Å²) in [4.78, 5) is 81.1. The van der Waals surface area contributed by atoms with Crippen LogP contribution in [0.4, 0.5) is 0 Å². The average molecular weight is 505 g/mol. The van der Waals surface area contributed by atoms with Gasteiger partial charge in [0.15, 0.2) is 30.0 Å². The molecule has 0 bridgehead atoms. The first-order valence-corrected chi connectivity index (χ1v) is 12.0. The minimum Gasteiger partial charge on any atom is -0.756 e. The smallest absolute Gasteiger partial charge is 0.487 e. The number of phosphoric acid groups is 3. The van der Waals surface area contributed by atoms with Gasteiger partial charge in [0.25, 0.3) is 13.4 Å². The summed E-state index contributed by atoms with van der Waals surface area (Å²) in [5.41, 5.74) is -0.904. The largest absolute Gasteiger partial charge is 0.756 e. The van der Waals surface area contributed by atoms with Gasteiger partial charge in [0.2, 0.25) is 0 Å². The van der Waals surface area contributed by atoms with Gasteiger partial charge in [-0.1, -0.05) is 0 Å². The summed E-state index contributed by atoms with van der Waals surface area (Å²) in [7, 11) is -17.2. The Hall–Kier alpha value is -1.94. The predicted octanol–water partition coefficient (Wildman–Crippen LogP) is -1.89. The van der Waals surface area contributed by atoms with Crippen molar-refractivity contribution in [2.45, 2.75) is 12.3 Å². The van der Waals surface area contributed by atoms with Crippen molar-refractivity contribution in [1.82, 2.24) is 19.5 Å². The highest BCUT2D eigenvalue weighted by Crippen LogP contribution is 2.65. The molecule has 0 saturated carbocycles. The first kappa shape index (κ1) is 25.3. The molecule has 172 valence electrons. The highest BCUT2D eigenvalue weighted by Gasteiger charge is 2.38. The minimum atomic E-state index is -5.83. The molecule has 5 atom stereocenters. The lowest BCUT2D eigenvalue weighted by Gasteiger charge is -2.22. The van der Waals surface area contributed by atoms with E-state index in [1.165, 1.54) is 0 Å². The summed E-state index contributed by atoms with van der Waals surface area (Å²) in [6.45, 7) is -1.14. The van der Waals surface area contributed by atoms with Crippen LogP contribution in [0, 0.1) is 0 Å². The normalized spacial score (nSPS) is 19.6. The second-order valence-corrected chi connectivity index (χ2v) is 9.63. The minimum absolute atomic E-state index is 0.0183. The van der Waals surface area contributed by atoms with Crippen LogP contribution in [-0.4, -0.2) is 59.5 Å². The Morgan fingerprint density at radius 2 is 1.81 bits per heavy atom. The molecule has 0 fully saturated rings. The average Bonchev–Trinajstić information content (AvgIpc) is 3.04. The van der Waals surface area contributed by atoms with Crippen molar-refractivity contribution in [1.29, 1.82) is 0 Å². The van der Waals surface area contributed by atoms with Gasteiger partial charge in [0, 0.05) is 0 Å². The molecule has 18 nitrogen and oxygen atoms in total. The van der Waals surface area contributed by atoms with Gasteiger partial charge in [0.1, 0.15) is 6.10 Å². The van der Waals surface area contributed by atoms with Gasteiger partial charge in [-0.3, -0.25) is 23.2 Å². The summed E-state index contributed by atoms with van der Waals surface area (Å²) in [5, 5.41) is 0. The summed E-state index contributed by atoms with van der Waals surface area (Å²) < 4.78 is 50.4. The fraction of sp³-hybridized carbons (Fsp3) is 0.300. The van der Waals surface area contributed by atoms with E-state index in [2.05, 4.69) is 28.1 Å². The second kappa shape index (κ2) is 9.68. The number of aldehydes is 2. The number of ether oxygens (including phenoxy) is 1. The summed E-state index contributed by atoms with van der Waals surface area (Å²) in [6.07, 6.45) is -1.20. The Balaban J connectivity index is 2.09. The molecule has 4 N–H and O–H groups in total. The number of carbonyl (C=O) groups is 2. The van der Waals surface area contributed by atoms with Gasteiger partial charge in [-0.15, -0.1) is 0 Å². The van der Waals surface area contributed by atoms with Gasteiger partial charge in [-0.25, -0.2) is 23.4 Å². The van der Waals surface area contributed by atoms with Gasteiger partial charge >= 0.3 is 15.6 Å². The maximum atomic E-state index is 11.7. The molecule has 0 aliphatic heterocycles. The molecule has 0 spiro atoms. The first-order chi connectivity index (χ1) is 14.3. The third kappa shape index (κ3) is 7.31. The van der Waals surface area contributed by atoms with E-state index in [4.69, 9.17) is 14.5 Å². The number of carbonyl (C=O) groups excluding carboxylic acids is 2. The van der Waals surface area contributed by atoms with Gasteiger partial charge in [-0.2, -0.15) is 4.31 Å². The van der Waals surface area contributed by atoms with Crippen LogP contribution in [0.5, 0.6) is 0 Å². The van der Waals surface area contributed by atoms with E-state index < -0.39 is 48.0 Å². The van der Waals surface area contributed by atoms with Crippen molar-refractivity contribution in [2.24, 2.45) is 0 Å². The molecule has 0 aliphatic carbocycles. The number of aromatic amines is 1. The zero-order valence-corrected chi connectivity index (χ0v) is 17.4. The van der Waals surface area contributed by atoms with Crippen LogP contribution in [-0.2, 0) is 41.2 Å². The summed E-state index contributed by atoms with van der Waals surface area (Å²) >= 11 is 0. The molecular formula is C10H12N4O14P3-. The lowest BCUT2D eigenvalue weighted by Crippen LogP contribution is -2.27. The molecule has 2 rings (SSSR count). The Morgan fingerprint density at radius 1 is 1.13 bits per heavy atom.